The molecule has 2 atom stereocenters. The van der Waals surface area contributed by atoms with Gasteiger partial charge in [0.15, 0.2) is 0 Å². The lowest BCUT2D eigenvalue weighted by Crippen LogP contribution is -2.64. The lowest BCUT2D eigenvalue weighted by Gasteiger charge is -2.38. The minimum Gasteiger partial charge on any atom is -0.384 e. The molecule has 0 saturated heterocycles. The second kappa shape index (κ2) is 5.08. The molecule has 0 radical (unpaired) electrons. The molecule has 0 fully saturated rings. The van der Waals surface area contributed by atoms with Crippen molar-refractivity contribution >= 4 is 0 Å². The first-order valence-corrected chi connectivity index (χ1v) is 5.20. The Balaban J connectivity index is 3.50. The fourth-order valence-electron chi connectivity index (χ4n) is 1.58. The van der Waals surface area contributed by atoms with Gasteiger partial charge < -0.3 is 5.11 Å². The smallest absolute Gasteiger partial charge is 0.384 e. The monoisotopic (exact) mass is 326 g/mol. The normalized spacial score (nSPS) is 18.2. The largest absolute Gasteiger partial charge is 0.457 e. The maximum atomic E-state index is 13.8. The van der Waals surface area contributed by atoms with Crippen molar-refractivity contribution in [2.45, 2.75) is 30.0 Å². The van der Waals surface area contributed by atoms with Crippen molar-refractivity contribution in [1.82, 2.24) is 0 Å². The summed E-state index contributed by atoms with van der Waals surface area (Å²) in [5.74, 6) is -6.84. The van der Waals surface area contributed by atoms with Crippen molar-refractivity contribution in [2.75, 3.05) is 0 Å². The summed E-state index contributed by atoms with van der Waals surface area (Å²) in [6, 6.07) is 4.27. The van der Waals surface area contributed by atoms with Gasteiger partial charge in [0.25, 0.3) is 0 Å². The van der Waals surface area contributed by atoms with Crippen LogP contribution >= 0.6 is 0 Å². The number of halogens is 9. The third-order valence-electron chi connectivity index (χ3n) is 2.72. The molecule has 0 bridgehead atoms. The van der Waals surface area contributed by atoms with Crippen LogP contribution in [0, 0.1) is 0 Å². The molecule has 1 N–H and O–H groups in total. The molecular weight excluding hydrogens is 319 g/mol. The van der Waals surface area contributed by atoms with Gasteiger partial charge in [0, 0.05) is 0 Å². The highest BCUT2D eigenvalue weighted by molar-refractivity contribution is 5.24. The first-order valence-electron chi connectivity index (χ1n) is 5.20. The lowest BCUT2D eigenvalue weighted by atomic mass is 9.85. The number of rotatable bonds is 3. The van der Waals surface area contributed by atoms with E-state index >= 15 is 0 Å². The van der Waals surface area contributed by atoms with E-state index in [1.807, 2.05) is 0 Å². The Morgan fingerprint density at radius 2 is 1.14 bits per heavy atom. The molecule has 10 heteroatoms. The van der Waals surface area contributed by atoms with Crippen LogP contribution in [0.5, 0.6) is 0 Å². The van der Waals surface area contributed by atoms with Gasteiger partial charge in [-0.05, 0) is 5.56 Å². The summed E-state index contributed by atoms with van der Waals surface area (Å²) in [5, 5.41) is 9.20. The van der Waals surface area contributed by atoms with Crippen molar-refractivity contribution in [3.63, 3.8) is 0 Å². The SMILES string of the molecule is OC(c1ccccc1)C(F)(C(F)(F)F)C(F)(F)C(F)(F)F. The minimum absolute atomic E-state index is 0.594. The van der Waals surface area contributed by atoms with Gasteiger partial charge in [0.05, 0.1) is 0 Å². The van der Waals surface area contributed by atoms with Crippen LogP contribution in [-0.2, 0) is 0 Å². The molecule has 0 saturated carbocycles. The summed E-state index contributed by atoms with van der Waals surface area (Å²) in [7, 11) is 0. The number of alkyl halides is 9. The van der Waals surface area contributed by atoms with Crippen molar-refractivity contribution in [3.8, 4) is 0 Å². The van der Waals surface area contributed by atoms with Crippen LogP contribution in [0.3, 0.4) is 0 Å². The molecule has 2 unspecified atom stereocenters. The zero-order chi connectivity index (χ0) is 16.7. The van der Waals surface area contributed by atoms with Crippen LogP contribution in [0.2, 0.25) is 0 Å². The highest BCUT2D eigenvalue weighted by Gasteiger charge is 2.83. The van der Waals surface area contributed by atoms with E-state index in [0.29, 0.717) is 12.1 Å². The summed E-state index contributed by atoms with van der Waals surface area (Å²) in [5.41, 5.74) is -7.29. The van der Waals surface area contributed by atoms with Gasteiger partial charge in [-0.3, -0.25) is 0 Å². The zero-order valence-electron chi connectivity index (χ0n) is 9.81. The standard InChI is InChI=1S/C11H7F9O/c12-8(10(15,16)17,9(13,14)11(18,19)20)7(21)6-4-2-1-3-5-6/h1-5,7,21H. The van der Waals surface area contributed by atoms with Gasteiger partial charge >= 0.3 is 23.9 Å². The van der Waals surface area contributed by atoms with Gasteiger partial charge in [0.1, 0.15) is 6.10 Å². The second-order valence-electron chi connectivity index (χ2n) is 4.09. The van der Waals surface area contributed by atoms with Crippen LogP contribution < -0.4 is 0 Å². The van der Waals surface area contributed by atoms with Gasteiger partial charge in [-0.15, -0.1) is 0 Å². The molecule has 0 aliphatic heterocycles. The molecule has 0 spiro atoms. The average Bonchev–Trinajstić information content (AvgIpc) is 2.35. The van der Waals surface area contributed by atoms with E-state index in [1.165, 1.54) is 6.07 Å². The molecule has 1 aromatic rings. The Hall–Kier alpha value is -1.45. The highest BCUT2D eigenvalue weighted by Crippen LogP contribution is 2.57. The fraction of sp³-hybridized carbons (Fsp3) is 0.455. The van der Waals surface area contributed by atoms with Crippen LogP contribution in [0.1, 0.15) is 11.7 Å². The molecule has 0 heterocycles. The summed E-state index contributed by atoms with van der Waals surface area (Å²) >= 11 is 0. The number of aliphatic hydroxyl groups is 1. The van der Waals surface area contributed by atoms with Crippen LogP contribution in [0.4, 0.5) is 39.5 Å². The number of aliphatic hydroxyl groups excluding tert-OH is 1. The molecule has 1 rings (SSSR count). The Morgan fingerprint density at radius 1 is 0.714 bits per heavy atom. The quantitative estimate of drug-likeness (QED) is 0.826. The predicted molar refractivity (Wildman–Crippen MR) is 52.3 cm³/mol. The molecule has 120 valence electrons. The van der Waals surface area contributed by atoms with Crippen LogP contribution in [0.25, 0.3) is 0 Å². The second-order valence-corrected chi connectivity index (χ2v) is 4.09. The summed E-state index contributed by atoms with van der Waals surface area (Å²) < 4.78 is 114. The van der Waals surface area contributed by atoms with Gasteiger partial charge in [0.2, 0.25) is 0 Å². The highest BCUT2D eigenvalue weighted by atomic mass is 19.4. The number of hydrogen-bond acceptors (Lipinski definition) is 1. The van der Waals surface area contributed by atoms with Crippen LogP contribution in [-0.4, -0.2) is 29.1 Å². The topological polar surface area (TPSA) is 20.2 Å². The third-order valence-corrected chi connectivity index (χ3v) is 2.72. The summed E-state index contributed by atoms with van der Waals surface area (Å²) in [4.78, 5) is 0. The van der Waals surface area contributed by atoms with E-state index in [-0.39, 0.29) is 0 Å². The Morgan fingerprint density at radius 3 is 1.48 bits per heavy atom. The first-order chi connectivity index (χ1) is 9.27. The molecule has 0 aromatic heterocycles. The maximum absolute atomic E-state index is 13.8. The van der Waals surface area contributed by atoms with E-state index in [4.69, 9.17) is 0 Å². The van der Waals surface area contributed by atoms with Gasteiger partial charge in [-0.25, -0.2) is 4.39 Å². The van der Waals surface area contributed by atoms with Crippen LogP contribution in [0.15, 0.2) is 30.3 Å². The van der Waals surface area contributed by atoms with E-state index in [9.17, 15) is 44.6 Å². The van der Waals surface area contributed by atoms with Gasteiger partial charge in [-0.1, -0.05) is 30.3 Å². The molecule has 1 aromatic carbocycles. The van der Waals surface area contributed by atoms with E-state index in [1.54, 1.807) is 0 Å². The summed E-state index contributed by atoms with van der Waals surface area (Å²) in [6.07, 6.45) is -17.3. The summed E-state index contributed by atoms with van der Waals surface area (Å²) in [6.45, 7) is 0. The lowest BCUT2D eigenvalue weighted by molar-refractivity contribution is -0.401. The van der Waals surface area contributed by atoms with Crippen molar-refractivity contribution in [3.05, 3.63) is 35.9 Å². The molecule has 1 nitrogen and oxygen atoms in total. The Labute approximate surface area is 112 Å². The minimum atomic E-state index is -6.84. The van der Waals surface area contributed by atoms with E-state index < -0.39 is 35.6 Å². The Kier molecular flexibility index (Phi) is 4.25. The average molecular weight is 326 g/mol. The maximum Gasteiger partial charge on any atom is 0.457 e. The van der Waals surface area contributed by atoms with Crippen molar-refractivity contribution in [2.24, 2.45) is 0 Å². The predicted octanol–water partition coefficient (Wildman–Crippen LogP) is 4.19. The fourth-order valence-corrected chi connectivity index (χ4v) is 1.58. The molecule has 0 aliphatic rings. The third kappa shape index (κ3) is 2.68. The van der Waals surface area contributed by atoms with E-state index in [0.717, 1.165) is 12.1 Å². The molecule has 0 amide bonds. The molecule has 0 aliphatic carbocycles. The first kappa shape index (κ1) is 17.6. The number of hydrogen-bond donors (Lipinski definition) is 1. The zero-order valence-corrected chi connectivity index (χ0v) is 9.81. The van der Waals surface area contributed by atoms with Crippen molar-refractivity contribution in [1.29, 1.82) is 0 Å². The van der Waals surface area contributed by atoms with Gasteiger partial charge in [-0.2, -0.15) is 35.1 Å². The number of benzene rings is 1. The molecule has 21 heavy (non-hydrogen) atoms. The van der Waals surface area contributed by atoms with E-state index in [2.05, 4.69) is 0 Å². The van der Waals surface area contributed by atoms with Crippen molar-refractivity contribution < 1.29 is 44.6 Å². The Bertz CT molecular complexity index is 479. The molecular formula is C11H7F9O.